The zero-order valence-corrected chi connectivity index (χ0v) is 8.10. The van der Waals surface area contributed by atoms with Crippen molar-refractivity contribution in [3.63, 3.8) is 0 Å². The minimum absolute atomic E-state index is 0.393. The fraction of sp³-hybridized carbons (Fsp3) is 0.375. The molecule has 0 saturated carbocycles. The number of carbonyl (C=O) groups excluding carboxylic acids is 1. The molecule has 6 nitrogen and oxygen atoms in total. The molecule has 0 amide bonds. The van der Waals surface area contributed by atoms with Crippen LogP contribution in [-0.4, -0.2) is 27.8 Å². The van der Waals surface area contributed by atoms with Gasteiger partial charge in [-0.2, -0.15) is 0 Å². The molecule has 6 heteroatoms. The minimum atomic E-state index is -0.393. The van der Waals surface area contributed by atoms with Gasteiger partial charge in [-0.05, 0) is 0 Å². The van der Waals surface area contributed by atoms with Gasteiger partial charge in [-0.1, -0.05) is 0 Å². The smallest absolute Gasteiger partial charge is 0.331 e. The third-order valence-corrected chi connectivity index (χ3v) is 1.60. The van der Waals surface area contributed by atoms with Crippen LogP contribution in [-0.2, 0) is 23.1 Å². The largest absolute Gasteiger partial charge is 0.466 e. The summed E-state index contributed by atoms with van der Waals surface area (Å²) in [5.74, 6) is 0.398. The molecule has 14 heavy (non-hydrogen) atoms. The normalized spacial score (nSPS) is 10.4. The van der Waals surface area contributed by atoms with Gasteiger partial charge >= 0.3 is 5.97 Å². The number of aryl methyl sites for hydroxylation is 1. The monoisotopic (exact) mass is 196 g/mol. The molecule has 0 unspecified atom stereocenters. The van der Waals surface area contributed by atoms with E-state index < -0.39 is 5.97 Å². The van der Waals surface area contributed by atoms with Crippen molar-refractivity contribution in [2.75, 3.05) is 7.11 Å². The summed E-state index contributed by atoms with van der Waals surface area (Å²) in [6, 6.07) is 0. The lowest BCUT2D eigenvalue weighted by atomic mass is 10.5. The average Bonchev–Trinajstić information content (AvgIpc) is 2.58. The molecule has 0 aliphatic heterocycles. The SMILES string of the molecule is COC(=O)/C=C/NCc1nncn1C. The van der Waals surface area contributed by atoms with Crippen molar-refractivity contribution >= 4 is 5.97 Å². The van der Waals surface area contributed by atoms with E-state index in [2.05, 4.69) is 20.3 Å². The minimum Gasteiger partial charge on any atom is -0.466 e. The molecule has 1 N–H and O–H groups in total. The number of hydrogen-bond acceptors (Lipinski definition) is 5. The third kappa shape index (κ3) is 2.89. The second-order valence-corrected chi connectivity index (χ2v) is 2.60. The van der Waals surface area contributed by atoms with E-state index in [4.69, 9.17) is 0 Å². The van der Waals surface area contributed by atoms with E-state index in [9.17, 15) is 4.79 Å². The zero-order chi connectivity index (χ0) is 10.4. The summed E-state index contributed by atoms with van der Waals surface area (Å²) in [4.78, 5) is 10.7. The second-order valence-electron chi connectivity index (χ2n) is 2.60. The van der Waals surface area contributed by atoms with E-state index in [0.717, 1.165) is 5.82 Å². The van der Waals surface area contributed by atoms with E-state index in [-0.39, 0.29) is 0 Å². The summed E-state index contributed by atoms with van der Waals surface area (Å²) in [5, 5.41) is 10.5. The van der Waals surface area contributed by atoms with Crippen LogP contribution >= 0.6 is 0 Å². The van der Waals surface area contributed by atoms with Crippen LogP contribution < -0.4 is 5.32 Å². The molecule has 0 atom stereocenters. The van der Waals surface area contributed by atoms with E-state index in [1.165, 1.54) is 19.4 Å². The molecule has 0 bridgehead atoms. The van der Waals surface area contributed by atoms with E-state index in [1.807, 2.05) is 7.05 Å². The highest BCUT2D eigenvalue weighted by atomic mass is 16.5. The Morgan fingerprint density at radius 3 is 3.14 bits per heavy atom. The molecule has 0 saturated heterocycles. The van der Waals surface area contributed by atoms with Crippen LogP contribution in [0.15, 0.2) is 18.6 Å². The van der Waals surface area contributed by atoms with Gasteiger partial charge in [0.15, 0.2) is 5.82 Å². The van der Waals surface area contributed by atoms with Crippen molar-refractivity contribution in [3.8, 4) is 0 Å². The lowest BCUT2D eigenvalue weighted by molar-refractivity contribution is -0.134. The van der Waals surface area contributed by atoms with Gasteiger partial charge in [-0.3, -0.25) is 0 Å². The Hall–Kier alpha value is -1.85. The Bertz CT molecular complexity index is 332. The molecular weight excluding hydrogens is 184 g/mol. The Morgan fingerprint density at radius 1 is 1.79 bits per heavy atom. The van der Waals surface area contributed by atoms with Gasteiger partial charge in [0.2, 0.25) is 0 Å². The van der Waals surface area contributed by atoms with Crippen LogP contribution in [0, 0.1) is 0 Å². The number of carbonyl (C=O) groups is 1. The maximum Gasteiger partial charge on any atom is 0.331 e. The zero-order valence-electron chi connectivity index (χ0n) is 8.10. The molecule has 0 radical (unpaired) electrons. The second kappa shape index (κ2) is 5.00. The van der Waals surface area contributed by atoms with Crippen molar-refractivity contribution in [1.82, 2.24) is 20.1 Å². The van der Waals surface area contributed by atoms with Gasteiger partial charge in [0.25, 0.3) is 0 Å². The highest BCUT2D eigenvalue weighted by Gasteiger charge is 1.97. The molecule has 0 aliphatic rings. The Balaban J connectivity index is 2.32. The summed E-state index contributed by atoms with van der Waals surface area (Å²) in [6.45, 7) is 0.518. The molecule has 0 aliphatic carbocycles. The number of hydrogen-bond donors (Lipinski definition) is 1. The number of esters is 1. The van der Waals surface area contributed by atoms with E-state index >= 15 is 0 Å². The number of nitrogens with one attached hydrogen (secondary N) is 1. The van der Waals surface area contributed by atoms with Crippen LogP contribution in [0.5, 0.6) is 0 Å². The lowest BCUT2D eigenvalue weighted by Crippen LogP contribution is -2.10. The first-order valence-electron chi connectivity index (χ1n) is 4.05. The molecule has 0 fully saturated rings. The Labute approximate surface area is 81.6 Å². The number of rotatable bonds is 4. The van der Waals surface area contributed by atoms with Crippen molar-refractivity contribution in [2.24, 2.45) is 7.05 Å². The van der Waals surface area contributed by atoms with Gasteiger partial charge in [-0.15, -0.1) is 10.2 Å². The highest BCUT2D eigenvalue weighted by Crippen LogP contribution is 1.89. The fourth-order valence-electron chi connectivity index (χ4n) is 0.812. The summed E-state index contributed by atoms with van der Waals surface area (Å²) >= 11 is 0. The molecule has 76 valence electrons. The van der Waals surface area contributed by atoms with Gasteiger partial charge < -0.3 is 14.6 Å². The van der Waals surface area contributed by atoms with Crippen LogP contribution in [0.1, 0.15) is 5.82 Å². The third-order valence-electron chi connectivity index (χ3n) is 1.60. The van der Waals surface area contributed by atoms with Crippen LogP contribution in [0.3, 0.4) is 0 Å². The highest BCUT2D eigenvalue weighted by molar-refractivity contribution is 5.81. The first kappa shape index (κ1) is 10.2. The van der Waals surface area contributed by atoms with Gasteiger partial charge in [0.05, 0.1) is 13.7 Å². The standard InChI is InChI=1S/C8H12N4O2/c1-12-6-10-11-7(12)5-9-4-3-8(13)14-2/h3-4,6,9H,5H2,1-2H3/b4-3+. The van der Waals surface area contributed by atoms with Crippen LogP contribution in [0.25, 0.3) is 0 Å². The summed E-state index contributed by atoms with van der Waals surface area (Å²) in [6.07, 6.45) is 4.43. The number of nitrogens with zero attached hydrogens (tertiary/aromatic N) is 3. The molecule has 1 heterocycles. The number of aromatic nitrogens is 3. The predicted octanol–water partition coefficient (Wildman–Crippen LogP) is -0.409. The van der Waals surface area contributed by atoms with Gasteiger partial charge in [0.1, 0.15) is 6.33 Å². The van der Waals surface area contributed by atoms with E-state index in [1.54, 1.807) is 10.9 Å². The molecule has 0 spiro atoms. The number of ether oxygens (including phenoxy) is 1. The van der Waals surface area contributed by atoms with Crippen molar-refractivity contribution in [1.29, 1.82) is 0 Å². The van der Waals surface area contributed by atoms with Crippen molar-refractivity contribution in [2.45, 2.75) is 6.54 Å². The number of methoxy groups -OCH3 is 1. The topological polar surface area (TPSA) is 69.0 Å². The molecule has 1 aromatic heterocycles. The van der Waals surface area contributed by atoms with E-state index in [0.29, 0.717) is 6.54 Å². The molecule has 1 aromatic rings. The lowest BCUT2D eigenvalue weighted by Gasteiger charge is -1.99. The Kier molecular flexibility index (Phi) is 3.66. The Morgan fingerprint density at radius 2 is 2.57 bits per heavy atom. The summed E-state index contributed by atoms with van der Waals surface area (Å²) in [5.41, 5.74) is 0. The quantitative estimate of drug-likeness (QED) is 0.523. The van der Waals surface area contributed by atoms with Gasteiger partial charge in [0, 0.05) is 19.3 Å². The molecule has 0 aromatic carbocycles. The molecule has 1 rings (SSSR count). The molecular formula is C8H12N4O2. The van der Waals surface area contributed by atoms with Crippen LogP contribution in [0.2, 0.25) is 0 Å². The summed E-state index contributed by atoms with van der Waals surface area (Å²) in [7, 11) is 3.18. The first-order valence-corrected chi connectivity index (χ1v) is 4.05. The van der Waals surface area contributed by atoms with Crippen LogP contribution in [0.4, 0.5) is 0 Å². The predicted molar refractivity (Wildman–Crippen MR) is 49.0 cm³/mol. The van der Waals surface area contributed by atoms with Gasteiger partial charge in [-0.25, -0.2) is 4.79 Å². The first-order chi connectivity index (χ1) is 6.74. The van der Waals surface area contributed by atoms with Crippen molar-refractivity contribution < 1.29 is 9.53 Å². The maximum atomic E-state index is 10.7. The maximum absolute atomic E-state index is 10.7. The fourth-order valence-corrected chi connectivity index (χ4v) is 0.812. The average molecular weight is 196 g/mol. The summed E-state index contributed by atoms with van der Waals surface area (Å²) < 4.78 is 6.20. The van der Waals surface area contributed by atoms with Crippen molar-refractivity contribution in [3.05, 3.63) is 24.4 Å².